The van der Waals surface area contributed by atoms with Crippen molar-refractivity contribution < 1.29 is 14.6 Å². The van der Waals surface area contributed by atoms with Gasteiger partial charge in [-0.15, -0.1) is 0 Å². The quantitative estimate of drug-likeness (QED) is 0.851. The highest BCUT2D eigenvalue weighted by molar-refractivity contribution is 6.33. The number of carbonyl (C=O) groups excluding carboxylic acids is 1. The number of phenols is 1. The van der Waals surface area contributed by atoms with Crippen LogP contribution in [0.4, 0.5) is 5.69 Å². The molecule has 0 heterocycles. The molecule has 22 heavy (non-hydrogen) atoms. The molecule has 2 aromatic rings. The van der Waals surface area contributed by atoms with Gasteiger partial charge >= 0.3 is 0 Å². The molecule has 0 spiro atoms. The van der Waals surface area contributed by atoms with E-state index < -0.39 is 0 Å². The van der Waals surface area contributed by atoms with E-state index in [1.54, 1.807) is 19.1 Å². The van der Waals surface area contributed by atoms with Gasteiger partial charge in [-0.2, -0.15) is 0 Å². The van der Waals surface area contributed by atoms with Crippen LogP contribution in [0, 0.1) is 6.92 Å². The van der Waals surface area contributed by atoms with Gasteiger partial charge < -0.3 is 15.2 Å². The molecule has 0 atom stereocenters. The fourth-order valence-corrected chi connectivity index (χ4v) is 2.24. The molecule has 0 fully saturated rings. The Balaban J connectivity index is 2.27. The maximum Gasteiger partial charge on any atom is 0.255 e. The van der Waals surface area contributed by atoms with Crippen LogP contribution in [0.25, 0.3) is 0 Å². The summed E-state index contributed by atoms with van der Waals surface area (Å²) in [5.41, 5.74) is 1.77. The number of benzene rings is 2. The summed E-state index contributed by atoms with van der Waals surface area (Å²) in [7, 11) is 0. The van der Waals surface area contributed by atoms with E-state index in [1.165, 1.54) is 12.1 Å². The molecule has 0 saturated heterocycles. The SMILES string of the molecule is CCOc1cc(C(=O)Nc2ccc(C)c(Cl)c2)cc(Cl)c1O. The summed E-state index contributed by atoms with van der Waals surface area (Å²) in [4.78, 5) is 12.3. The monoisotopic (exact) mass is 339 g/mol. The molecular formula is C16H15Cl2NO3. The average Bonchev–Trinajstić information content (AvgIpc) is 2.47. The van der Waals surface area contributed by atoms with E-state index in [2.05, 4.69) is 5.32 Å². The number of halogens is 2. The zero-order valence-electron chi connectivity index (χ0n) is 12.1. The standard InChI is InChI=1S/C16H15Cl2NO3/c1-3-22-14-7-10(6-13(18)15(14)20)16(21)19-11-5-4-9(2)12(17)8-11/h4-8,20H,3H2,1-2H3,(H,19,21). The molecule has 0 unspecified atom stereocenters. The summed E-state index contributed by atoms with van der Waals surface area (Å²) < 4.78 is 5.26. The number of hydrogen-bond donors (Lipinski definition) is 2. The lowest BCUT2D eigenvalue weighted by Crippen LogP contribution is -2.12. The van der Waals surface area contributed by atoms with Crippen molar-refractivity contribution in [3.05, 3.63) is 51.5 Å². The molecule has 0 bridgehead atoms. The van der Waals surface area contributed by atoms with Gasteiger partial charge in [0.1, 0.15) is 0 Å². The van der Waals surface area contributed by atoms with E-state index >= 15 is 0 Å². The largest absolute Gasteiger partial charge is 0.503 e. The summed E-state index contributed by atoms with van der Waals surface area (Å²) >= 11 is 11.9. The van der Waals surface area contributed by atoms with Crippen molar-refractivity contribution in [2.24, 2.45) is 0 Å². The molecule has 116 valence electrons. The first-order valence-corrected chi connectivity index (χ1v) is 7.40. The number of hydrogen-bond acceptors (Lipinski definition) is 3. The highest BCUT2D eigenvalue weighted by Gasteiger charge is 2.14. The van der Waals surface area contributed by atoms with Gasteiger partial charge in [0.05, 0.1) is 11.6 Å². The van der Waals surface area contributed by atoms with Crippen LogP contribution in [-0.4, -0.2) is 17.6 Å². The van der Waals surface area contributed by atoms with Gasteiger partial charge in [0, 0.05) is 16.3 Å². The first-order valence-electron chi connectivity index (χ1n) is 6.65. The number of rotatable bonds is 4. The maximum absolute atomic E-state index is 12.3. The highest BCUT2D eigenvalue weighted by atomic mass is 35.5. The molecule has 1 amide bonds. The second-order valence-electron chi connectivity index (χ2n) is 4.66. The molecule has 2 aromatic carbocycles. The maximum atomic E-state index is 12.3. The Hall–Kier alpha value is -1.91. The Morgan fingerprint density at radius 3 is 2.59 bits per heavy atom. The van der Waals surface area contributed by atoms with Crippen LogP contribution >= 0.6 is 23.2 Å². The number of carbonyl (C=O) groups is 1. The normalized spacial score (nSPS) is 10.4. The Morgan fingerprint density at radius 1 is 1.23 bits per heavy atom. The lowest BCUT2D eigenvalue weighted by molar-refractivity contribution is 0.102. The van der Waals surface area contributed by atoms with Crippen LogP contribution in [0.2, 0.25) is 10.0 Å². The number of phenolic OH excluding ortho intramolecular Hbond substituents is 1. The Kier molecular flexibility index (Phi) is 5.16. The zero-order valence-corrected chi connectivity index (χ0v) is 13.6. The minimum absolute atomic E-state index is 0.0537. The molecule has 6 heteroatoms. The van der Waals surface area contributed by atoms with E-state index in [1.807, 2.05) is 13.0 Å². The van der Waals surface area contributed by atoms with E-state index in [0.717, 1.165) is 5.56 Å². The number of aromatic hydroxyl groups is 1. The molecule has 0 saturated carbocycles. The fourth-order valence-electron chi connectivity index (χ4n) is 1.84. The van der Waals surface area contributed by atoms with Crippen molar-refractivity contribution in [3.8, 4) is 11.5 Å². The molecule has 2 rings (SSSR count). The summed E-state index contributed by atoms with van der Waals surface area (Å²) in [6, 6.07) is 8.05. The van der Waals surface area contributed by atoms with Gasteiger partial charge in [0.2, 0.25) is 0 Å². The van der Waals surface area contributed by atoms with Crippen LogP contribution in [0.15, 0.2) is 30.3 Å². The van der Waals surface area contributed by atoms with E-state index in [4.69, 9.17) is 27.9 Å². The Labute approximate surface area is 138 Å². The average molecular weight is 340 g/mol. The smallest absolute Gasteiger partial charge is 0.255 e. The van der Waals surface area contributed by atoms with Crippen LogP contribution < -0.4 is 10.1 Å². The van der Waals surface area contributed by atoms with Crippen LogP contribution in [0.3, 0.4) is 0 Å². The van der Waals surface area contributed by atoms with Gasteiger partial charge in [0.15, 0.2) is 11.5 Å². The molecule has 0 aliphatic rings. The minimum atomic E-state index is -0.372. The van der Waals surface area contributed by atoms with Crippen molar-refractivity contribution >= 4 is 34.8 Å². The third kappa shape index (κ3) is 3.64. The lowest BCUT2D eigenvalue weighted by atomic mass is 10.1. The number of aryl methyl sites for hydroxylation is 1. The van der Waals surface area contributed by atoms with E-state index in [-0.39, 0.29) is 28.0 Å². The van der Waals surface area contributed by atoms with E-state index in [9.17, 15) is 9.90 Å². The van der Waals surface area contributed by atoms with Crippen molar-refractivity contribution in [2.75, 3.05) is 11.9 Å². The third-order valence-electron chi connectivity index (χ3n) is 3.02. The fraction of sp³-hybridized carbons (Fsp3) is 0.188. The predicted molar refractivity (Wildman–Crippen MR) is 88.4 cm³/mol. The molecular weight excluding hydrogens is 325 g/mol. The Morgan fingerprint density at radius 2 is 1.95 bits per heavy atom. The van der Waals surface area contributed by atoms with Gasteiger partial charge in [-0.1, -0.05) is 29.3 Å². The highest BCUT2D eigenvalue weighted by Crippen LogP contribution is 2.35. The van der Waals surface area contributed by atoms with Crippen molar-refractivity contribution in [3.63, 3.8) is 0 Å². The molecule has 2 N–H and O–H groups in total. The van der Waals surface area contributed by atoms with Crippen molar-refractivity contribution in [1.82, 2.24) is 0 Å². The number of amides is 1. The van der Waals surface area contributed by atoms with Gasteiger partial charge in [-0.3, -0.25) is 4.79 Å². The number of anilines is 1. The van der Waals surface area contributed by atoms with Crippen molar-refractivity contribution in [1.29, 1.82) is 0 Å². The first-order chi connectivity index (χ1) is 10.4. The zero-order chi connectivity index (χ0) is 16.3. The predicted octanol–water partition coefficient (Wildman–Crippen LogP) is 4.66. The topological polar surface area (TPSA) is 58.6 Å². The number of ether oxygens (including phenoxy) is 1. The summed E-state index contributed by atoms with van der Waals surface area (Å²) in [5.74, 6) is -0.386. The van der Waals surface area contributed by atoms with E-state index in [0.29, 0.717) is 17.3 Å². The molecule has 0 aliphatic heterocycles. The lowest BCUT2D eigenvalue weighted by Gasteiger charge is -2.11. The molecule has 0 aromatic heterocycles. The van der Waals surface area contributed by atoms with Crippen LogP contribution in [0.1, 0.15) is 22.8 Å². The first kappa shape index (κ1) is 16.5. The van der Waals surface area contributed by atoms with Gasteiger partial charge in [-0.05, 0) is 43.7 Å². The Bertz CT molecular complexity index is 717. The van der Waals surface area contributed by atoms with Crippen LogP contribution in [-0.2, 0) is 0 Å². The van der Waals surface area contributed by atoms with Crippen LogP contribution in [0.5, 0.6) is 11.5 Å². The second-order valence-corrected chi connectivity index (χ2v) is 5.47. The van der Waals surface area contributed by atoms with Gasteiger partial charge in [-0.25, -0.2) is 0 Å². The summed E-state index contributed by atoms with van der Waals surface area (Å²) in [6.07, 6.45) is 0. The number of nitrogens with one attached hydrogen (secondary N) is 1. The summed E-state index contributed by atoms with van der Waals surface area (Å²) in [6.45, 7) is 4.00. The van der Waals surface area contributed by atoms with Crippen molar-refractivity contribution in [2.45, 2.75) is 13.8 Å². The summed E-state index contributed by atoms with van der Waals surface area (Å²) in [5, 5.41) is 13.1. The molecule has 4 nitrogen and oxygen atoms in total. The molecule has 0 aliphatic carbocycles. The van der Waals surface area contributed by atoms with Gasteiger partial charge in [0.25, 0.3) is 5.91 Å². The third-order valence-corrected chi connectivity index (χ3v) is 3.72. The second kappa shape index (κ2) is 6.90. The molecule has 0 radical (unpaired) electrons. The minimum Gasteiger partial charge on any atom is -0.503 e.